The molecule has 1 aromatic heterocycles. The summed E-state index contributed by atoms with van der Waals surface area (Å²) < 4.78 is 0. The van der Waals surface area contributed by atoms with Crippen LogP contribution in [0.1, 0.15) is 38.3 Å². The van der Waals surface area contributed by atoms with Crippen LogP contribution in [-0.2, 0) is 16.0 Å². The van der Waals surface area contributed by atoms with Gasteiger partial charge in [0.1, 0.15) is 6.04 Å². The summed E-state index contributed by atoms with van der Waals surface area (Å²) in [4.78, 5) is 29.6. The summed E-state index contributed by atoms with van der Waals surface area (Å²) in [6.07, 6.45) is 6.98. The van der Waals surface area contributed by atoms with Gasteiger partial charge in [0.25, 0.3) is 0 Å². The molecule has 0 radical (unpaired) electrons. The molecular weight excluding hydrogens is 272 g/mol. The van der Waals surface area contributed by atoms with Gasteiger partial charge in [-0.25, -0.2) is 9.78 Å². The van der Waals surface area contributed by atoms with Crippen molar-refractivity contribution in [3.05, 3.63) is 18.2 Å². The SMILES string of the molecule is CCCCCNCCC(=O)NC(Cc1c[nH]cn1)C(=O)O. The van der Waals surface area contributed by atoms with Gasteiger partial charge in [-0.1, -0.05) is 19.8 Å². The Kier molecular flexibility index (Phi) is 8.11. The van der Waals surface area contributed by atoms with Crippen LogP contribution in [0, 0.1) is 0 Å². The van der Waals surface area contributed by atoms with Crippen molar-refractivity contribution in [3.63, 3.8) is 0 Å². The first-order chi connectivity index (χ1) is 10.1. The first kappa shape index (κ1) is 17.2. The molecule has 1 rings (SSSR count). The Bertz CT molecular complexity index is 420. The molecule has 0 bridgehead atoms. The molecule has 1 atom stereocenters. The van der Waals surface area contributed by atoms with Crippen molar-refractivity contribution in [1.29, 1.82) is 0 Å². The smallest absolute Gasteiger partial charge is 0.326 e. The number of aromatic amines is 1. The van der Waals surface area contributed by atoms with Crippen LogP contribution in [0.4, 0.5) is 0 Å². The predicted molar refractivity (Wildman–Crippen MR) is 78.9 cm³/mol. The van der Waals surface area contributed by atoms with Crippen molar-refractivity contribution >= 4 is 11.9 Å². The summed E-state index contributed by atoms with van der Waals surface area (Å²) in [6.45, 7) is 3.58. The topological polar surface area (TPSA) is 107 Å². The summed E-state index contributed by atoms with van der Waals surface area (Å²) in [5, 5.41) is 14.8. The number of unbranched alkanes of at least 4 members (excludes halogenated alkanes) is 2. The minimum Gasteiger partial charge on any atom is -0.480 e. The molecule has 1 amide bonds. The van der Waals surface area contributed by atoms with Crippen molar-refractivity contribution in [2.45, 2.75) is 45.1 Å². The number of hydrogen-bond acceptors (Lipinski definition) is 4. The van der Waals surface area contributed by atoms with Crippen LogP contribution in [0.5, 0.6) is 0 Å². The lowest BCUT2D eigenvalue weighted by Crippen LogP contribution is -2.43. The van der Waals surface area contributed by atoms with Gasteiger partial charge in [-0.3, -0.25) is 4.79 Å². The van der Waals surface area contributed by atoms with Gasteiger partial charge in [0.15, 0.2) is 0 Å². The van der Waals surface area contributed by atoms with Crippen LogP contribution in [0.25, 0.3) is 0 Å². The van der Waals surface area contributed by atoms with Gasteiger partial charge < -0.3 is 20.7 Å². The van der Waals surface area contributed by atoms with E-state index in [1.54, 1.807) is 6.20 Å². The molecule has 7 heteroatoms. The quantitative estimate of drug-likeness (QED) is 0.449. The number of H-pyrrole nitrogens is 1. The molecule has 7 nitrogen and oxygen atoms in total. The molecule has 0 saturated carbocycles. The first-order valence-electron chi connectivity index (χ1n) is 7.34. The standard InChI is InChI=1S/C14H24N4O3/c1-2-3-4-6-15-7-5-13(19)18-12(14(20)21)8-11-9-16-10-17-11/h9-10,12,15H,2-8H2,1H3,(H,16,17)(H,18,19)(H,20,21). The third-order valence-corrected chi connectivity index (χ3v) is 3.09. The van der Waals surface area contributed by atoms with Gasteiger partial charge in [-0.15, -0.1) is 0 Å². The number of nitrogens with zero attached hydrogens (tertiary/aromatic N) is 1. The third kappa shape index (κ3) is 7.45. The van der Waals surface area contributed by atoms with E-state index >= 15 is 0 Å². The summed E-state index contributed by atoms with van der Waals surface area (Å²) in [7, 11) is 0. The lowest BCUT2D eigenvalue weighted by molar-refractivity contribution is -0.141. The van der Waals surface area contributed by atoms with Gasteiger partial charge in [-0.2, -0.15) is 0 Å². The molecule has 0 aliphatic carbocycles. The fourth-order valence-electron chi connectivity index (χ4n) is 1.91. The molecule has 0 aromatic carbocycles. The lowest BCUT2D eigenvalue weighted by atomic mass is 10.1. The maximum atomic E-state index is 11.7. The minimum absolute atomic E-state index is 0.175. The zero-order valence-electron chi connectivity index (χ0n) is 12.4. The Hall–Kier alpha value is -1.89. The fourth-order valence-corrected chi connectivity index (χ4v) is 1.91. The number of carboxylic acid groups (broad SMARTS) is 1. The molecule has 1 aromatic rings. The molecule has 0 aliphatic rings. The highest BCUT2D eigenvalue weighted by atomic mass is 16.4. The van der Waals surface area contributed by atoms with Crippen LogP contribution in [0.2, 0.25) is 0 Å². The van der Waals surface area contributed by atoms with Crippen molar-refractivity contribution in [2.75, 3.05) is 13.1 Å². The predicted octanol–water partition coefficient (Wildman–Crippen LogP) is 0.691. The molecule has 4 N–H and O–H groups in total. The second kappa shape index (κ2) is 9.93. The van der Waals surface area contributed by atoms with Crippen LogP contribution in [0.15, 0.2) is 12.5 Å². The summed E-state index contributed by atoms with van der Waals surface area (Å²) in [5.74, 6) is -1.32. The largest absolute Gasteiger partial charge is 0.480 e. The number of nitrogens with one attached hydrogen (secondary N) is 3. The summed E-state index contributed by atoms with van der Waals surface area (Å²) in [6, 6.07) is -0.944. The van der Waals surface area contributed by atoms with Crippen LogP contribution < -0.4 is 10.6 Å². The Labute approximate surface area is 124 Å². The number of aliphatic carboxylic acids is 1. The number of carbonyl (C=O) groups excluding carboxylic acids is 1. The maximum absolute atomic E-state index is 11.7. The van der Waals surface area contributed by atoms with Crippen molar-refractivity contribution in [3.8, 4) is 0 Å². The normalized spacial score (nSPS) is 12.0. The molecule has 1 heterocycles. The Morgan fingerprint density at radius 1 is 1.38 bits per heavy atom. The molecular formula is C14H24N4O3. The van der Waals surface area contributed by atoms with E-state index in [2.05, 4.69) is 27.5 Å². The van der Waals surface area contributed by atoms with Crippen LogP contribution in [-0.4, -0.2) is 46.1 Å². The average molecular weight is 296 g/mol. The highest BCUT2D eigenvalue weighted by molar-refractivity contribution is 5.83. The van der Waals surface area contributed by atoms with Gasteiger partial charge >= 0.3 is 5.97 Å². The third-order valence-electron chi connectivity index (χ3n) is 3.09. The zero-order chi connectivity index (χ0) is 15.5. The molecule has 0 fully saturated rings. The number of carboxylic acids is 1. The summed E-state index contributed by atoms with van der Waals surface area (Å²) >= 11 is 0. The van der Waals surface area contributed by atoms with E-state index in [0.29, 0.717) is 12.2 Å². The zero-order valence-corrected chi connectivity index (χ0v) is 12.4. The van der Waals surface area contributed by atoms with Crippen molar-refractivity contribution in [1.82, 2.24) is 20.6 Å². The molecule has 118 valence electrons. The second-order valence-electron chi connectivity index (χ2n) is 4.93. The lowest BCUT2D eigenvalue weighted by Gasteiger charge is -2.13. The number of imidazole rings is 1. The number of carbonyl (C=O) groups is 2. The highest BCUT2D eigenvalue weighted by Gasteiger charge is 2.20. The van der Waals surface area contributed by atoms with Gasteiger partial charge in [0, 0.05) is 25.6 Å². The number of rotatable bonds is 11. The van der Waals surface area contributed by atoms with E-state index in [9.17, 15) is 9.59 Å². The average Bonchev–Trinajstić information content (AvgIpc) is 2.95. The molecule has 0 aliphatic heterocycles. The van der Waals surface area contributed by atoms with E-state index in [1.807, 2.05) is 0 Å². The monoisotopic (exact) mass is 296 g/mol. The fraction of sp³-hybridized carbons (Fsp3) is 0.643. The van der Waals surface area contributed by atoms with E-state index in [4.69, 9.17) is 5.11 Å². The van der Waals surface area contributed by atoms with Crippen LogP contribution >= 0.6 is 0 Å². The molecule has 0 saturated heterocycles. The van der Waals surface area contributed by atoms with E-state index in [1.165, 1.54) is 12.7 Å². The van der Waals surface area contributed by atoms with Crippen molar-refractivity contribution in [2.24, 2.45) is 0 Å². The van der Waals surface area contributed by atoms with E-state index < -0.39 is 12.0 Å². The van der Waals surface area contributed by atoms with E-state index in [0.717, 1.165) is 19.4 Å². The Morgan fingerprint density at radius 3 is 2.81 bits per heavy atom. The summed E-state index contributed by atoms with van der Waals surface area (Å²) in [5.41, 5.74) is 0.611. The van der Waals surface area contributed by atoms with Gasteiger partial charge in [-0.05, 0) is 13.0 Å². The minimum atomic E-state index is -1.05. The Morgan fingerprint density at radius 2 is 2.19 bits per heavy atom. The molecule has 0 spiro atoms. The highest BCUT2D eigenvalue weighted by Crippen LogP contribution is 1.99. The number of amides is 1. The first-order valence-corrected chi connectivity index (χ1v) is 7.34. The van der Waals surface area contributed by atoms with Crippen molar-refractivity contribution < 1.29 is 14.7 Å². The molecule has 1 unspecified atom stereocenters. The van der Waals surface area contributed by atoms with Gasteiger partial charge in [0.2, 0.25) is 5.91 Å². The molecule has 21 heavy (non-hydrogen) atoms. The van der Waals surface area contributed by atoms with Crippen LogP contribution in [0.3, 0.4) is 0 Å². The maximum Gasteiger partial charge on any atom is 0.326 e. The van der Waals surface area contributed by atoms with Gasteiger partial charge in [0.05, 0.1) is 12.0 Å². The number of hydrogen-bond donors (Lipinski definition) is 4. The van der Waals surface area contributed by atoms with E-state index in [-0.39, 0.29) is 18.7 Å². The second-order valence-corrected chi connectivity index (χ2v) is 4.93. The number of aromatic nitrogens is 2. The Balaban J connectivity index is 2.24.